The molecule has 0 bridgehead atoms. The predicted octanol–water partition coefficient (Wildman–Crippen LogP) is 7.58. The molecule has 3 rings (SSSR count). The summed E-state index contributed by atoms with van der Waals surface area (Å²) in [6.45, 7) is 5.59. The molecule has 0 spiro atoms. The van der Waals surface area contributed by atoms with Gasteiger partial charge >= 0.3 is 0 Å². The number of hydrogen-bond donors (Lipinski definition) is 1. The van der Waals surface area contributed by atoms with Crippen LogP contribution < -0.4 is 14.8 Å². The monoisotopic (exact) mass is 507 g/mol. The van der Waals surface area contributed by atoms with Crippen LogP contribution >= 0.6 is 39.1 Å². The molecule has 0 saturated heterocycles. The van der Waals surface area contributed by atoms with Crippen LogP contribution in [0, 0.1) is 0 Å². The third kappa shape index (κ3) is 5.92. The fourth-order valence-electron chi connectivity index (χ4n) is 3.04. The van der Waals surface area contributed by atoms with E-state index < -0.39 is 0 Å². The average molecular weight is 509 g/mol. The molecule has 6 heteroatoms. The van der Waals surface area contributed by atoms with Crippen molar-refractivity contribution in [3.8, 4) is 11.5 Å². The fraction of sp³-hybridized carbons (Fsp3) is 0.250. The second-order valence-corrected chi connectivity index (χ2v) is 8.49. The minimum Gasteiger partial charge on any atom is -0.490 e. The van der Waals surface area contributed by atoms with Gasteiger partial charge in [-0.3, -0.25) is 0 Å². The van der Waals surface area contributed by atoms with Gasteiger partial charge in [0.15, 0.2) is 11.5 Å². The summed E-state index contributed by atoms with van der Waals surface area (Å²) in [5.74, 6) is 1.33. The van der Waals surface area contributed by atoms with Crippen LogP contribution in [-0.4, -0.2) is 6.61 Å². The van der Waals surface area contributed by atoms with Crippen molar-refractivity contribution in [3.05, 3.63) is 91.9 Å². The van der Waals surface area contributed by atoms with Gasteiger partial charge in [-0.15, -0.1) is 0 Å². The summed E-state index contributed by atoms with van der Waals surface area (Å²) in [7, 11) is 0. The summed E-state index contributed by atoms with van der Waals surface area (Å²) in [5, 5.41) is 4.71. The lowest BCUT2D eigenvalue weighted by atomic mass is 10.1. The molecule has 3 nitrogen and oxygen atoms in total. The molecule has 30 heavy (non-hydrogen) atoms. The van der Waals surface area contributed by atoms with E-state index in [1.807, 2.05) is 43.3 Å². The molecular formula is C24H24BrCl2NO2. The molecule has 0 aliphatic rings. The Bertz CT molecular complexity index is 962. The summed E-state index contributed by atoms with van der Waals surface area (Å²) in [5.41, 5.74) is 3.08. The van der Waals surface area contributed by atoms with Crippen LogP contribution in [0.5, 0.6) is 11.5 Å². The van der Waals surface area contributed by atoms with E-state index in [4.69, 9.17) is 32.7 Å². The Balaban J connectivity index is 1.75. The zero-order valence-corrected chi connectivity index (χ0v) is 20.0. The van der Waals surface area contributed by atoms with Crippen molar-refractivity contribution in [1.29, 1.82) is 0 Å². The molecule has 0 saturated carbocycles. The van der Waals surface area contributed by atoms with Gasteiger partial charge in [0.2, 0.25) is 0 Å². The van der Waals surface area contributed by atoms with Crippen LogP contribution in [0.2, 0.25) is 10.0 Å². The lowest BCUT2D eigenvalue weighted by Gasteiger charge is -2.18. The Kier molecular flexibility index (Phi) is 8.46. The Labute approximate surface area is 196 Å². The maximum atomic E-state index is 6.26. The highest BCUT2D eigenvalue weighted by atomic mass is 79.9. The van der Waals surface area contributed by atoms with Gasteiger partial charge in [0.25, 0.3) is 0 Å². The molecule has 0 aromatic heterocycles. The molecule has 0 heterocycles. The van der Waals surface area contributed by atoms with E-state index in [9.17, 15) is 0 Å². The minimum absolute atomic E-state index is 0.229. The van der Waals surface area contributed by atoms with Crippen LogP contribution in [-0.2, 0) is 13.2 Å². The Morgan fingerprint density at radius 3 is 2.27 bits per heavy atom. The van der Waals surface area contributed by atoms with E-state index in [1.165, 1.54) is 5.56 Å². The highest BCUT2D eigenvalue weighted by molar-refractivity contribution is 9.10. The Morgan fingerprint density at radius 1 is 0.933 bits per heavy atom. The van der Waals surface area contributed by atoms with Gasteiger partial charge < -0.3 is 14.8 Å². The number of nitrogens with one attached hydrogen (secondary N) is 1. The molecule has 1 unspecified atom stereocenters. The van der Waals surface area contributed by atoms with Gasteiger partial charge in [-0.25, -0.2) is 0 Å². The highest BCUT2D eigenvalue weighted by Gasteiger charge is 2.14. The smallest absolute Gasteiger partial charge is 0.162 e. The molecule has 0 radical (unpaired) electrons. The third-order valence-corrected chi connectivity index (χ3v) is 6.19. The van der Waals surface area contributed by atoms with Crippen molar-refractivity contribution in [2.45, 2.75) is 33.0 Å². The maximum Gasteiger partial charge on any atom is 0.162 e. The van der Waals surface area contributed by atoms with Crippen molar-refractivity contribution >= 4 is 39.1 Å². The molecule has 0 aliphatic heterocycles. The first-order valence-corrected chi connectivity index (χ1v) is 11.3. The average Bonchev–Trinajstić information content (AvgIpc) is 2.74. The van der Waals surface area contributed by atoms with E-state index >= 15 is 0 Å². The van der Waals surface area contributed by atoms with Crippen molar-refractivity contribution in [1.82, 2.24) is 5.32 Å². The second-order valence-electron chi connectivity index (χ2n) is 6.83. The molecule has 1 atom stereocenters. The Morgan fingerprint density at radius 2 is 1.60 bits per heavy atom. The van der Waals surface area contributed by atoms with Gasteiger partial charge in [0, 0.05) is 32.7 Å². The summed E-state index contributed by atoms with van der Waals surface area (Å²) >= 11 is 16.2. The number of benzene rings is 3. The molecule has 158 valence electrons. The zero-order valence-electron chi connectivity index (χ0n) is 16.9. The van der Waals surface area contributed by atoms with Gasteiger partial charge in [-0.2, -0.15) is 0 Å². The van der Waals surface area contributed by atoms with E-state index in [0.29, 0.717) is 34.7 Å². The number of ether oxygens (including phenoxy) is 2. The molecule has 0 fully saturated rings. The molecule has 3 aromatic carbocycles. The molecule has 0 amide bonds. The van der Waals surface area contributed by atoms with Gasteiger partial charge in [0.1, 0.15) is 6.61 Å². The number of halogens is 3. The normalized spacial score (nSPS) is 11.9. The second kappa shape index (κ2) is 11.1. The van der Waals surface area contributed by atoms with Crippen LogP contribution in [0.4, 0.5) is 0 Å². The maximum absolute atomic E-state index is 6.26. The molecule has 3 aromatic rings. The van der Waals surface area contributed by atoms with Gasteiger partial charge in [-0.1, -0.05) is 75.5 Å². The van der Waals surface area contributed by atoms with E-state index in [1.54, 1.807) is 12.1 Å². The van der Waals surface area contributed by atoms with E-state index in [0.717, 1.165) is 15.6 Å². The van der Waals surface area contributed by atoms with Crippen molar-refractivity contribution in [3.63, 3.8) is 0 Å². The topological polar surface area (TPSA) is 30.5 Å². The number of rotatable bonds is 9. The first kappa shape index (κ1) is 23.0. The summed E-state index contributed by atoms with van der Waals surface area (Å²) < 4.78 is 12.8. The minimum atomic E-state index is 0.229. The quantitative estimate of drug-likeness (QED) is 0.323. The molecule has 0 aliphatic carbocycles. The number of hydrogen-bond acceptors (Lipinski definition) is 3. The van der Waals surface area contributed by atoms with Crippen LogP contribution in [0.15, 0.2) is 65.1 Å². The Hall–Kier alpha value is -1.72. The predicted molar refractivity (Wildman–Crippen MR) is 128 cm³/mol. The lowest BCUT2D eigenvalue weighted by molar-refractivity contribution is 0.269. The van der Waals surface area contributed by atoms with Crippen molar-refractivity contribution in [2.75, 3.05) is 6.61 Å². The fourth-order valence-corrected chi connectivity index (χ4v) is 4.01. The first-order valence-electron chi connectivity index (χ1n) is 9.78. The van der Waals surface area contributed by atoms with Gasteiger partial charge in [-0.05, 0) is 49.2 Å². The highest BCUT2D eigenvalue weighted by Crippen LogP contribution is 2.36. The summed E-state index contributed by atoms with van der Waals surface area (Å²) in [6, 6.07) is 19.9. The van der Waals surface area contributed by atoms with Gasteiger partial charge in [0.05, 0.1) is 6.61 Å². The molecule has 1 N–H and O–H groups in total. The molecular weight excluding hydrogens is 485 g/mol. The van der Waals surface area contributed by atoms with Crippen molar-refractivity contribution in [2.24, 2.45) is 0 Å². The zero-order chi connectivity index (χ0) is 21.5. The largest absolute Gasteiger partial charge is 0.490 e. The van der Waals surface area contributed by atoms with Crippen LogP contribution in [0.25, 0.3) is 0 Å². The summed E-state index contributed by atoms with van der Waals surface area (Å²) in [6.07, 6.45) is 0. The lowest BCUT2D eigenvalue weighted by Crippen LogP contribution is -2.18. The van der Waals surface area contributed by atoms with Crippen LogP contribution in [0.3, 0.4) is 0 Å². The van der Waals surface area contributed by atoms with E-state index in [2.05, 4.69) is 40.3 Å². The standard InChI is InChI=1S/C24H24BrCl2NO2/c1-3-29-23-12-18(14-28-16(2)17-8-5-4-6-9-17)20(25)13-24(23)30-15-19-21(26)10-7-11-22(19)27/h4-13,16,28H,3,14-15H2,1-2H3. The summed E-state index contributed by atoms with van der Waals surface area (Å²) in [4.78, 5) is 0. The SMILES string of the molecule is CCOc1cc(CNC(C)c2ccccc2)c(Br)cc1OCc1c(Cl)cccc1Cl. The van der Waals surface area contributed by atoms with Crippen molar-refractivity contribution < 1.29 is 9.47 Å². The first-order chi connectivity index (χ1) is 14.5. The van der Waals surface area contributed by atoms with Crippen LogP contribution in [0.1, 0.15) is 36.6 Å². The van der Waals surface area contributed by atoms with E-state index in [-0.39, 0.29) is 12.6 Å². The third-order valence-electron chi connectivity index (χ3n) is 4.74.